The van der Waals surface area contributed by atoms with Gasteiger partial charge in [0.25, 0.3) is 0 Å². The van der Waals surface area contributed by atoms with Crippen molar-refractivity contribution < 1.29 is 29.0 Å². The number of aliphatic hydroxyl groups is 1. The number of ketones is 1. The summed E-state index contributed by atoms with van der Waals surface area (Å²) in [5.74, 6) is -0.988. The van der Waals surface area contributed by atoms with Crippen molar-refractivity contribution in [3.8, 4) is 0 Å². The van der Waals surface area contributed by atoms with Gasteiger partial charge in [-0.15, -0.1) is 0 Å². The summed E-state index contributed by atoms with van der Waals surface area (Å²) < 4.78 is 10.6. The van der Waals surface area contributed by atoms with E-state index in [1.165, 1.54) is 4.90 Å². The molecule has 2 amide bonds. The summed E-state index contributed by atoms with van der Waals surface area (Å²) in [5, 5.41) is 13.1. The monoisotopic (exact) mass is 434 g/mol. The van der Waals surface area contributed by atoms with Gasteiger partial charge in [0.15, 0.2) is 5.78 Å². The second-order valence-electron chi connectivity index (χ2n) is 9.35. The molecule has 2 rings (SSSR count). The fraction of sp³-hybridized carbons (Fsp3) is 0.609. The number of hydrogen-bond acceptors (Lipinski definition) is 6. The van der Waals surface area contributed by atoms with E-state index >= 15 is 0 Å². The van der Waals surface area contributed by atoms with Gasteiger partial charge in [-0.25, -0.2) is 9.59 Å². The number of benzene rings is 1. The number of β-amino-alcohol motifs (C(OH)–C–C–N with tert-alkyl or cyclic N) is 1. The van der Waals surface area contributed by atoms with Gasteiger partial charge in [-0.3, -0.25) is 4.79 Å². The van der Waals surface area contributed by atoms with Crippen molar-refractivity contribution >= 4 is 18.0 Å². The Morgan fingerprint density at radius 1 is 1.16 bits per heavy atom. The van der Waals surface area contributed by atoms with Gasteiger partial charge in [0.05, 0.1) is 24.6 Å². The molecule has 0 aliphatic carbocycles. The third kappa shape index (κ3) is 7.86. The zero-order valence-electron chi connectivity index (χ0n) is 19.0. The normalized spacial score (nSPS) is 19.8. The van der Waals surface area contributed by atoms with Crippen LogP contribution in [0.4, 0.5) is 9.59 Å². The molecule has 31 heavy (non-hydrogen) atoms. The number of rotatable bonds is 7. The summed E-state index contributed by atoms with van der Waals surface area (Å²) in [6, 6.07) is 8.42. The zero-order valence-corrected chi connectivity index (χ0v) is 19.0. The minimum atomic E-state index is -1.02. The molecule has 0 radical (unpaired) electrons. The Kier molecular flexibility index (Phi) is 8.44. The van der Waals surface area contributed by atoms with Crippen molar-refractivity contribution in [2.75, 3.05) is 13.1 Å². The standard InChI is InChI=1S/C23H34N2O6/c1-15(2)11-18(24-21(28)30-14-16-9-7-6-8-10-16)20(27)17-12-25(13-19(17)26)22(29)31-23(3,4)5/h6-10,15,17-19,26H,11-14H2,1-5H3,(H,24,28)/t17?,18-,19?/m0/s1. The van der Waals surface area contributed by atoms with Crippen molar-refractivity contribution in [3.63, 3.8) is 0 Å². The molecular formula is C23H34N2O6. The van der Waals surface area contributed by atoms with E-state index in [0.717, 1.165) is 5.56 Å². The number of aliphatic hydroxyl groups excluding tert-OH is 1. The average molecular weight is 435 g/mol. The highest BCUT2D eigenvalue weighted by atomic mass is 16.6. The molecule has 0 aromatic heterocycles. The van der Waals surface area contributed by atoms with Gasteiger partial charge in [0.2, 0.25) is 0 Å². The van der Waals surface area contributed by atoms with Crippen LogP contribution in [0.15, 0.2) is 30.3 Å². The molecule has 0 bridgehead atoms. The first-order valence-electron chi connectivity index (χ1n) is 10.6. The summed E-state index contributed by atoms with van der Waals surface area (Å²) in [5.41, 5.74) is 0.164. The molecule has 1 aliphatic rings. The van der Waals surface area contributed by atoms with Crippen molar-refractivity contribution in [2.24, 2.45) is 11.8 Å². The summed E-state index contributed by atoms with van der Waals surface area (Å²) in [6.07, 6.45) is -1.89. The van der Waals surface area contributed by atoms with Gasteiger partial charge < -0.3 is 24.8 Å². The molecule has 1 aliphatic heterocycles. The number of alkyl carbamates (subject to hydrolysis) is 1. The first-order valence-corrected chi connectivity index (χ1v) is 10.6. The molecule has 1 heterocycles. The van der Waals surface area contributed by atoms with Crippen LogP contribution >= 0.6 is 0 Å². The van der Waals surface area contributed by atoms with E-state index in [1.54, 1.807) is 20.8 Å². The second kappa shape index (κ2) is 10.6. The van der Waals surface area contributed by atoms with Crippen molar-refractivity contribution in [1.82, 2.24) is 10.2 Å². The predicted octanol–water partition coefficient (Wildman–Crippen LogP) is 3.12. The molecule has 1 fully saturated rings. The van der Waals surface area contributed by atoms with Crippen LogP contribution in [0.5, 0.6) is 0 Å². The molecule has 8 nitrogen and oxygen atoms in total. The van der Waals surface area contributed by atoms with E-state index in [-0.39, 0.29) is 31.4 Å². The summed E-state index contributed by atoms with van der Waals surface area (Å²) in [4.78, 5) is 39.1. The van der Waals surface area contributed by atoms with Gasteiger partial charge >= 0.3 is 12.2 Å². The van der Waals surface area contributed by atoms with Gasteiger partial charge in [-0.05, 0) is 38.7 Å². The Labute approximate surface area is 183 Å². The van der Waals surface area contributed by atoms with Crippen LogP contribution in [0.1, 0.15) is 46.6 Å². The fourth-order valence-corrected chi connectivity index (χ4v) is 3.42. The van der Waals surface area contributed by atoms with Crippen LogP contribution in [0, 0.1) is 11.8 Å². The van der Waals surface area contributed by atoms with Crippen LogP contribution in [0.3, 0.4) is 0 Å². The number of amides is 2. The Hall–Kier alpha value is -2.61. The van der Waals surface area contributed by atoms with E-state index in [4.69, 9.17) is 9.47 Å². The first kappa shape index (κ1) is 24.7. The Balaban J connectivity index is 1.99. The van der Waals surface area contributed by atoms with E-state index in [2.05, 4.69) is 5.32 Å². The maximum atomic E-state index is 13.1. The molecule has 1 aromatic rings. The largest absolute Gasteiger partial charge is 0.445 e. The number of carbonyl (C=O) groups is 3. The number of Topliss-reactive ketones (excluding diaryl/α,β-unsaturated/α-hetero) is 1. The maximum Gasteiger partial charge on any atom is 0.410 e. The average Bonchev–Trinajstić information content (AvgIpc) is 3.06. The predicted molar refractivity (Wildman–Crippen MR) is 115 cm³/mol. The van der Waals surface area contributed by atoms with E-state index < -0.39 is 35.9 Å². The summed E-state index contributed by atoms with van der Waals surface area (Å²) in [7, 11) is 0. The van der Waals surface area contributed by atoms with Gasteiger partial charge in [0.1, 0.15) is 12.2 Å². The van der Waals surface area contributed by atoms with Crippen molar-refractivity contribution in [3.05, 3.63) is 35.9 Å². The summed E-state index contributed by atoms with van der Waals surface area (Å²) >= 11 is 0. The van der Waals surface area contributed by atoms with Crippen LogP contribution in [0.25, 0.3) is 0 Å². The first-order chi connectivity index (χ1) is 14.5. The lowest BCUT2D eigenvalue weighted by Gasteiger charge is -2.25. The molecule has 1 saturated heterocycles. The molecule has 1 aromatic carbocycles. The third-order valence-corrected chi connectivity index (χ3v) is 4.86. The molecule has 0 spiro atoms. The highest BCUT2D eigenvalue weighted by Crippen LogP contribution is 2.23. The van der Waals surface area contributed by atoms with Crippen LogP contribution < -0.4 is 5.32 Å². The van der Waals surface area contributed by atoms with Gasteiger partial charge in [-0.2, -0.15) is 0 Å². The van der Waals surface area contributed by atoms with Crippen LogP contribution in [-0.2, 0) is 20.9 Å². The fourth-order valence-electron chi connectivity index (χ4n) is 3.42. The van der Waals surface area contributed by atoms with Gasteiger partial charge in [-0.1, -0.05) is 44.2 Å². The second-order valence-corrected chi connectivity index (χ2v) is 9.35. The molecule has 0 saturated carbocycles. The Morgan fingerprint density at radius 3 is 2.39 bits per heavy atom. The van der Waals surface area contributed by atoms with E-state index in [1.807, 2.05) is 44.2 Å². The lowest BCUT2D eigenvalue weighted by atomic mass is 9.90. The number of nitrogens with one attached hydrogen (secondary N) is 1. The lowest BCUT2D eigenvalue weighted by molar-refractivity contribution is -0.127. The van der Waals surface area contributed by atoms with Gasteiger partial charge in [0, 0.05) is 6.54 Å². The molecule has 8 heteroatoms. The lowest BCUT2D eigenvalue weighted by Crippen LogP contribution is -2.47. The molecule has 172 valence electrons. The number of nitrogens with zero attached hydrogens (tertiary/aromatic N) is 1. The number of carbonyl (C=O) groups excluding carboxylic acids is 3. The topological polar surface area (TPSA) is 105 Å². The maximum absolute atomic E-state index is 13.1. The summed E-state index contributed by atoms with van der Waals surface area (Å²) in [6.45, 7) is 9.29. The van der Waals surface area contributed by atoms with Crippen molar-refractivity contribution in [1.29, 1.82) is 0 Å². The molecule has 3 atom stereocenters. The molecule has 2 N–H and O–H groups in total. The minimum absolute atomic E-state index is 0.0121. The van der Waals surface area contributed by atoms with E-state index in [0.29, 0.717) is 6.42 Å². The Morgan fingerprint density at radius 2 is 1.81 bits per heavy atom. The quantitative estimate of drug-likeness (QED) is 0.683. The third-order valence-electron chi connectivity index (χ3n) is 4.86. The number of ether oxygens (including phenoxy) is 2. The molecular weight excluding hydrogens is 400 g/mol. The zero-order chi connectivity index (χ0) is 23.2. The SMILES string of the molecule is CC(C)C[C@H](NC(=O)OCc1ccccc1)C(=O)C1CN(C(=O)OC(C)(C)C)CC1O. The number of likely N-dealkylation sites (tertiary alicyclic amines) is 1. The highest BCUT2D eigenvalue weighted by Gasteiger charge is 2.42. The molecule has 2 unspecified atom stereocenters. The van der Waals surface area contributed by atoms with Crippen LogP contribution in [-0.4, -0.2) is 58.8 Å². The highest BCUT2D eigenvalue weighted by molar-refractivity contribution is 5.90. The number of hydrogen-bond donors (Lipinski definition) is 2. The smallest absolute Gasteiger partial charge is 0.410 e. The van der Waals surface area contributed by atoms with Crippen LogP contribution in [0.2, 0.25) is 0 Å². The minimum Gasteiger partial charge on any atom is -0.445 e. The van der Waals surface area contributed by atoms with E-state index in [9.17, 15) is 19.5 Å². The Bertz CT molecular complexity index is 759. The van der Waals surface area contributed by atoms with Crippen molar-refractivity contribution in [2.45, 2.75) is 65.4 Å².